The van der Waals surface area contributed by atoms with Gasteiger partial charge in [0.05, 0.1) is 17.3 Å². The van der Waals surface area contributed by atoms with Crippen LogP contribution < -0.4 is 10.5 Å². The summed E-state index contributed by atoms with van der Waals surface area (Å²) in [6.07, 6.45) is 2.68. The fraction of sp³-hybridized carbons (Fsp3) is 0.0909. The van der Waals surface area contributed by atoms with Gasteiger partial charge in [0, 0.05) is 5.56 Å². The van der Waals surface area contributed by atoms with Crippen LogP contribution in [0.4, 0.5) is 5.95 Å². The first-order valence-corrected chi connectivity index (χ1v) is 7.36. The minimum Gasteiger partial charge on any atom is -0.389 e. The molecule has 0 atom stereocenters. The molecule has 0 aliphatic heterocycles. The Morgan fingerprint density at radius 3 is 2.70 bits per heavy atom. The van der Waals surface area contributed by atoms with Gasteiger partial charge in [-0.05, 0) is 18.6 Å². The number of nitrogens with zero attached hydrogens (tertiary/aromatic N) is 3. The van der Waals surface area contributed by atoms with Gasteiger partial charge >= 0.3 is 0 Å². The quantitative estimate of drug-likeness (QED) is 0.796. The summed E-state index contributed by atoms with van der Waals surface area (Å²) in [7, 11) is -3.83. The van der Waals surface area contributed by atoms with Gasteiger partial charge in [0.1, 0.15) is 4.99 Å². The third-order valence-corrected chi connectivity index (χ3v) is 4.18. The Hall–Kier alpha value is -2.13. The Morgan fingerprint density at radius 1 is 1.35 bits per heavy atom. The van der Waals surface area contributed by atoms with Gasteiger partial charge in [-0.2, -0.15) is 5.10 Å². The van der Waals surface area contributed by atoms with Gasteiger partial charge in [0.15, 0.2) is 0 Å². The van der Waals surface area contributed by atoms with E-state index >= 15 is 0 Å². The van der Waals surface area contributed by atoms with E-state index in [-0.39, 0.29) is 15.8 Å². The third-order valence-electron chi connectivity index (χ3n) is 2.47. The molecule has 0 amide bonds. The van der Waals surface area contributed by atoms with Crippen LogP contribution in [0.3, 0.4) is 0 Å². The highest BCUT2D eigenvalue weighted by molar-refractivity contribution is 7.92. The first-order valence-electron chi connectivity index (χ1n) is 5.47. The molecule has 0 saturated heterocycles. The van der Waals surface area contributed by atoms with Crippen molar-refractivity contribution in [3.8, 4) is 0 Å². The third kappa shape index (κ3) is 3.06. The highest BCUT2D eigenvalue weighted by atomic mass is 32.2. The van der Waals surface area contributed by atoms with Crippen molar-refractivity contribution >= 4 is 33.2 Å². The second kappa shape index (κ2) is 5.47. The molecule has 9 heteroatoms. The van der Waals surface area contributed by atoms with Crippen molar-refractivity contribution in [1.29, 1.82) is 0 Å². The first-order chi connectivity index (χ1) is 9.40. The van der Waals surface area contributed by atoms with Crippen LogP contribution in [-0.4, -0.2) is 28.6 Å². The zero-order valence-electron chi connectivity index (χ0n) is 10.4. The van der Waals surface area contributed by atoms with Crippen molar-refractivity contribution in [3.05, 3.63) is 41.7 Å². The normalized spacial score (nSPS) is 11.1. The van der Waals surface area contributed by atoms with Crippen LogP contribution in [0.15, 0.2) is 35.5 Å². The molecule has 2 aromatic rings. The molecule has 0 saturated carbocycles. The number of hydrogen-bond acceptors (Lipinski definition) is 6. The Bertz CT molecular complexity index is 747. The van der Waals surface area contributed by atoms with E-state index in [9.17, 15) is 8.42 Å². The Kier molecular flexibility index (Phi) is 3.91. The lowest BCUT2D eigenvalue weighted by Crippen LogP contribution is -2.18. The monoisotopic (exact) mass is 309 g/mol. The molecule has 0 bridgehead atoms. The van der Waals surface area contributed by atoms with Crippen molar-refractivity contribution in [1.82, 2.24) is 15.2 Å². The highest BCUT2D eigenvalue weighted by Gasteiger charge is 2.19. The molecule has 2 rings (SSSR count). The Morgan fingerprint density at radius 2 is 2.10 bits per heavy atom. The molecule has 3 N–H and O–H groups in total. The van der Waals surface area contributed by atoms with Crippen LogP contribution in [0.2, 0.25) is 0 Å². The van der Waals surface area contributed by atoms with Crippen LogP contribution in [0, 0.1) is 6.92 Å². The molecule has 0 aliphatic rings. The topological polar surface area (TPSA) is 111 Å². The number of sulfonamides is 1. The van der Waals surface area contributed by atoms with Gasteiger partial charge < -0.3 is 5.73 Å². The molecule has 1 aromatic carbocycles. The van der Waals surface area contributed by atoms with E-state index in [1.54, 1.807) is 19.1 Å². The molecule has 0 unspecified atom stereocenters. The molecule has 1 heterocycles. The number of aromatic nitrogens is 3. The number of nitrogens with two attached hydrogens (primary N) is 1. The molecule has 20 heavy (non-hydrogen) atoms. The van der Waals surface area contributed by atoms with Crippen LogP contribution >= 0.6 is 12.2 Å². The maximum absolute atomic E-state index is 12.3. The van der Waals surface area contributed by atoms with Gasteiger partial charge in [-0.1, -0.05) is 24.4 Å². The molecule has 104 valence electrons. The predicted octanol–water partition coefficient (Wildman–Crippen LogP) is 0.615. The maximum atomic E-state index is 12.3. The number of hydrogen-bond donors (Lipinski definition) is 2. The number of thiocarbonyl (C=S) groups is 1. The van der Waals surface area contributed by atoms with Crippen LogP contribution in [-0.2, 0) is 10.0 Å². The summed E-state index contributed by atoms with van der Waals surface area (Å²) in [5.74, 6) is -0.104. The van der Waals surface area contributed by atoms with Gasteiger partial charge in [-0.15, -0.1) is 5.10 Å². The molecule has 0 fully saturated rings. The maximum Gasteiger partial charge on any atom is 0.264 e. The Labute approximate surface area is 121 Å². The number of anilines is 1. The van der Waals surface area contributed by atoms with E-state index in [4.69, 9.17) is 18.0 Å². The molecule has 0 spiro atoms. The zero-order chi connectivity index (χ0) is 14.8. The number of aryl methyl sites for hydroxylation is 1. The summed E-state index contributed by atoms with van der Waals surface area (Å²) in [6.45, 7) is 1.67. The Balaban J connectivity index is 2.44. The molecule has 0 aliphatic carbocycles. The second-order valence-corrected chi connectivity index (χ2v) is 6.01. The van der Waals surface area contributed by atoms with E-state index in [2.05, 4.69) is 19.9 Å². The van der Waals surface area contributed by atoms with Crippen LogP contribution in [0.5, 0.6) is 0 Å². The van der Waals surface area contributed by atoms with E-state index in [0.29, 0.717) is 11.1 Å². The highest BCUT2D eigenvalue weighted by Crippen LogP contribution is 2.19. The summed E-state index contributed by atoms with van der Waals surface area (Å²) in [5, 5.41) is 7.13. The van der Waals surface area contributed by atoms with Gasteiger partial charge in [0.25, 0.3) is 16.0 Å². The molecule has 7 nitrogen and oxygen atoms in total. The van der Waals surface area contributed by atoms with E-state index in [0.717, 1.165) is 0 Å². The van der Waals surface area contributed by atoms with Crippen molar-refractivity contribution in [2.75, 3.05) is 4.72 Å². The van der Waals surface area contributed by atoms with Crippen molar-refractivity contribution in [2.24, 2.45) is 5.73 Å². The fourth-order valence-corrected chi connectivity index (χ4v) is 2.86. The average Bonchev–Trinajstić information content (AvgIpc) is 2.39. The van der Waals surface area contributed by atoms with E-state index < -0.39 is 10.0 Å². The predicted molar refractivity (Wildman–Crippen MR) is 77.7 cm³/mol. The zero-order valence-corrected chi connectivity index (χ0v) is 12.1. The van der Waals surface area contributed by atoms with E-state index in [1.165, 1.54) is 18.5 Å². The fourth-order valence-electron chi connectivity index (χ4n) is 1.51. The summed E-state index contributed by atoms with van der Waals surface area (Å²) < 4.78 is 26.8. The van der Waals surface area contributed by atoms with Crippen molar-refractivity contribution < 1.29 is 8.42 Å². The summed E-state index contributed by atoms with van der Waals surface area (Å²) in [5.41, 5.74) is 6.54. The first kappa shape index (κ1) is 14.3. The lowest BCUT2D eigenvalue weighted by Gasteiger charge is -2.10. The van der Waals surface area contributed by atoms with Gasteiger partial charge in [-0.3, -0.25) is 0 Å². The average molecular weight is 309 g/mol. The number of nitrogens with one attached hydrogen (secondary N) is 1. The molecule has 0 radical (unpaired) electrons. The smallest absolute Gasteiger partial charge is 0.264 e. The lowest BCUT2D eigenvalue weighted by molar-refractivity contribution is 0.600. The van der Waals surface area contributed by atoms with E-state index in [1.807, 2.05) is 0 Å². The van der Waals surface area contributed by atoms with Crippen molar-refractivity contribution in [3.63, 3.8) is 0 Å². The number of rotatable bonds is 4. The summed E-state index contributed by atoms with van der Waals surface area (Å²) in [4.78, 5) is 3.95. The van der Waals surface area contributed by atoms with Crippen LogP contribution in [0.1, 0.15) is 11.1 Å². The van der Waals surface area contributed by atoms with Crippen LogP contribution in [0.25, 0.3) is 0 Å². The van der Waals surface area contributed by atoms with Gasteiger partial charge in [0.2, 0.25) is 0 Å². The minimum absolute atomic E-state index is 0.0650. The lowest BCUT2D eigenvalue weighted by atomic mass is 10.1. The minimum atomic E-state index is -3.83. The van der Waals surface area contributed by atoms with Crippen molar-refractivity contribution in [2.45, 2.75) is 11.8 Å². The van der Waals surface area contributed by atoms with Gasteiger partial charge in [-0.25, -0.2) is 18.1 Å². The molecule has 1 aromatic heterocycles. The number of benzene rings is 1. The molecular formula is C11H11N5O2S2. The summed E-state index contributed by atoms with van der Waals surface area (Å²) in [6, 6.07) is 4.71. The largest absolute Gasteiger partial charge is 0.389 e. The summed E-state index contributed by atoms with van der Waals surface area (Å²) >= 11 is 4.85. The standard InChI is InChI=1S/C11H11N5O2S2/c1-7-2-3-8(10(12)19)6-9(7)20(17,18)16-11-13-4-5-14-15-11/h2-6H,1H3,(H2,12,19)(H,13,15,16). The second-order valence-electron chi connectivity index (χ2n) is 3.92. The molecular weight excluding hydrogens is 298 g/mol. The SMILES string of the molecule is Cc1ccc(C(N)=S)cc1S(=O)(=O)Nc1nccnn1.